The number of carbonyl (C=O) groups is 1. The third kappa shape index (κ3) is 40.1. The highest BCUT2D eigenvalue weighted by Crippen LogP contribution is 2.43. The molecule has 0 aliphatic rings. The van der Waals surface area contributed by atoms with Gasteiger partial charge in [-0.05, 0) is 77.0 Å². The predicted molar refractivity (Wildman–Crippen MR) is 240 cm³/mol. The standard InChI is InChI=1S/C47H85N2O6P/c1-6-8-10-12-14-16-18-20-21-22-23-24-25-26-27-29-31-33-35-37-39-41-47(51)48-45(44-55-56(52,53)54-43-42-49(3,4)5)46(50)40-38-36-34-32-30-28-19-17-15-13-11-9-7-2/h11,13,21-22,24-25,27,29,33,35,38,40,45-46,50H,6-10,12,14-20,23,26,28,30-32,34,36-37,39,41-44H2,1-5H3,(H-,48,51,52,53)/p+1/b13-11+,22-21+,25-24+,29-27+,35-33+,40-38+/t45-,46+/m0/s1. The van der Waals surface area contributed by atoms with E-state index in [1.165, 1.54) is 96.3 Å². The summed E-state index contributed by atoms with van der Waals surface area (Å²) >= 11 is 0. The zero-order chi connectivity index (χ0) is 41.4. The van der Waals surface area contributed by atoms with E-state index in [0.29, 0.717) is 17.4 Å². The second-order valence-corrected chi connectivity index (χ2v) is 17.5. The van der Waals surface area contributed by atoms with Crippen LogP contribution in [0.2, 0.25) is 0 Å². The van der Waals surface area contributed by atoms with Crippen LogP contribution in [0.1, 0.15) is 168 Å². The van der Waals surface area contributed by atoms with Crippen molar-refractivity contribution in [2.75, 3.05) is 40.9 Å². The molecule has 3 N–H and O–H groups in total. The van der Waals surface area contributed by atoms with Crippen LogP contribution in [0, 0.1) is 0 Å². The number of rotatable bonds is 39. The Morgan fingerprint density at radius 1 is 0.607 bits per heavy atom. The monoisotopic (exact) mass is 806 g/mol. The fraction of sp³-hybridized carbons (Fsp3) is 0.723. The van der Waals surface area contributed by atoms with Gasteiger partial charge in [0.2, 0.25) is 5.91 Å². The lowest BCUT2D eigenvalue weighted by atomic mass is 10.1. The van der Waals surface area contributed by atoms with Crippen molar-refractivity contribution in [3.05, 3.63) is 72.9 Å². The van der Waals surface area contributed by atoms with Crippen LogP contribution in [0.3, 0.4) is 0 Å². The SMILES string of the molecule is CCC/C=C/CCCCCCCC/C=C/[C@@H](O)[C@H](COP(=O)(O)OCC[N+](C)(C)C)NC(=O)CCC/C=C/C/C=C/C/C=C/C/C=C/CCCCCCCCC. The molecule has 0 aliphatic heterocycles. The van der Waals surface area contributed by atoms with Crippen LogP contribution >= 0.6 is 7.82 Å². The first kappa shape index (κ1) is 53.9. The molecule has 0 fully saturated rings. The van der Waals surface area contributed by atoms with Gasteiger partial charge >= 0.3 is 7.82 Å². The van der Waals surface area contributed by atoms with Gasteiger partial charge in [0.25, 0.3) is 0 Å². The molecule has 1 amide bonds. The second kappa shape index (κ2) is 38.5. The summed E-state index contributed by atoms with van der Waals surface area (Å²) in [6.45, 7) is 4.69. The van der Waals surface area contributed by atoms with E-state index < -0.39 is 20.0 Å². The number of amides is 1. The van der Waals surface area contributed by atoms with Gasteiger partial charge in [0.05, 0.1) is 39.9 Å². The summed E-state index contributed by atoms with van der Waals surface area (Å²) in [6, 6.07) is -0.881. The Morgan fingerprint density at radius 3 is 1.57 bits per heavy atom. The third-order valence-corrected chi connectivity index (χ3v) is 10.4. The van der Waals surface area contributed by atoms with Crippen LogP contribution in [-0.2, 0) is 18.4 Å². The lowest BCUT2D eigenvalue weighted by Gasteiger charge is -2.25. The van der Waals surface area contributed by atoms with Gasteiger partial charge in [-0.3, -0.25) is 13.8 Å². The zero-order valence-electron chi connectivity index (χ0n) is 36.6. The van der Waals surface area contributed by atoms with Gasteiger partial charge in [-0.1, -0.05) is 157 Å². The van der Waals surface area contributed by atoms with Crippen molar-refractivity contribution in [1.82, 2.24) is 5.32 Å². The maximum atomic E-state index is 12.8. The summed E-state index contributed by atoms with van der Waals surface area (Å²) in [5, 5.41) is 13.8. The smallest absolute Gasteiger partial charge is 0.387 e. The number of hydrogen-bond donors (Lipinski definition) is 3. The molecule has 0 saturated heterocycles. The number of aliphatic hydroxyl groups excluding tert-OH is 1. The van der Waals surface area contributed by atoms with E-state index >= 15 is 0 Å². The van der Waals surface area contributed by atoms with Gasteiger partial charge in [-0.25, -0.2) is 4.57 Å². The van der Waals surface area contributed by atoms with Crippen molar-refractivity contribution in [2.45, 2.75) is 180 Å². The van der Waals surface area contributed by atoms with Gasteiger partial charge in [-0.15, -0.1) is 0 Å². The van der Waals surface area contributed by atoms with Crippen LogP contribution in [0.15, 0.2) is 72.9 Å². The minimum Gasteiger partial charge on any atom is -0.387 e. The summed E-state index contributed by atoms with van der Waals surface area (Å²) in [5.74, 6) is -0.238. The number of likely N-dealkylation sites (N-methyl/N-ethyl adjacent to an activating group) is 1. The highest BCUT2D eigenvalue weighted by molar-refractivity contribution is 7.47. The molecule has 0 bridgehead atoms. The van der Waals surface area contributed by atoms with Gasteiger partial charge in [-0.2, -0.15) is 0 Å². The highest BCUT2D eigenvalue weighted by atomic mass is 31.2. The molecule has 1 unspecified atom stereocenters. The Morgan fingerprint density at radius 2 is 1.05 bits per heavy atom. The molecule has 0 saturated carbocycles. The Bertz CT molecular complexity index is 1140. The number of nitrogens with one attached hydrogen (secondary N) is 1. The number of nitrogens with zero attached hydrogens (tertiary/aromatic N) is 1. The fourth-order valence-corrected chi connectivity index (χ4v) is 6.53. The van der Waals surface area contributed by atoms with Crippen molar-refractivity contribution in [3.63, 3.8) is 0 Å². The van der Waals surface area contributed by atoms with Crippen LogP contribution < -0.4 is 5.32 Å². The van der Waals surface area contributed by atoms with E-state index in [1.807, 2.05) is 27.2 Å². The quantitative estimate of drug-likeness (QED) is 0.0247. The van der Waals surface area contributed by atoms with Gasteiger partial charge in [0.15, 0.2) is 0 Å². The average molecular weight is 806 g/mol. The normalized spacial score (nSPS) is 15.1. The van der Waals surface area contributed by atoms with Crippen molar-refractivity contribution >= 4 is 13.7 Å². The zero-order valence-corrected chi connectivity index (χ0v) is 37.5. The first-order valence-corrected chi connectivity index (χ1v) is 23.8. The number of carbonyl (C=O) groups excluding carboxylic acids is 1. The summed E-state index contributed by atoms with van der Waals surface area (Å²) in [5.41, 5.74) is 0. The van der Waals surface area contributed by atoms with Gasteiger partial charge < -0.3 is 19.8 Å². The van der Waals surface area contributed by atoms with Crippen molar-refractivity contribution in [3.8, 4) is 0 Å². The number of unbranched alkanes of at least 4 members (excludes halogenated alkanes) is 16. The van der Waals surface area contributed by atoms with Crippen molar-refractivity contribution in [1.29, 1.82) is 0 Å². The van der Waals surface area contributed by atoms with Crippen LogP contribution in [0.4, 0.5) is 0 Å². The molecule has 0 rings (SSSR count). The number of phosphoric acid groups is 1. The molecule has 3 atom stereocenters. The minimum atomic E-state index is -4.36. The third-order valence-electron chi connectivity index (χ3n) is 9.37. The Labute approximate surface area is 344 Å². The maximum absolute atomic E-state index is 12.8. The topological polar surface area (TPSA) is 105 Å². The van der Waals surface area contributed by atoms with E-state index in [-0.39, 0.29) is 25.5 Å². The van der Waals surface area contributed by atoms with Gasteiger partial charge in [0.1, 0.15) is 13.2 Å². The van der Waals surface area contributed by atoms with E-state index in [1.54, 1.807) is 6.08 Å². The van der Waals surface area contributed by atoms with Crippen LogP contribution in [0.25, 0.3) is 0 Å². The molecular formula is C47H86N2O6P+. The number of hydrogen-bond acceptors (Lipinski definition) is 5. The molecule has 324 valence electrons. The van der Waals surface area contributed by atoms with E-state index in [4.69, 9.17) is 9.05 Å². The summed E-state index contributed by atoms with van der Waals surface area (Å²) in [7, 11) is 1.52. The fourth-order valence-electron chi connectivity index (χ4n) is 5.80. The Kier molecular flexibility index (Phi) is 37.0. The predicted octanol–water partition coefficient (Wildman–Crippen LogP) is 12.4. The molecule has 0 heterocycles. The number of phosphoric ester groups is 1. The molecule has 56 heavy (non-hydrogen) atoms. The highest BCUT2D eigenvalue weighted by Gasteiger charge is 2.27. The van der Waals surface area contributed by atoms with Crippen molar-refractivity contribution < 1.29 is 32.9 Å². The van der Waals surface area contributed by atoms with E-state index in [2.05, 4.69) is 79.9 Å². The molecule has 0 aromatic carbocycles. The van der Waals surface area contributed by atoms with Crippen molar-refractivity contribution in [2.24, 2.45) is 0 Å². The first-order chi connectivity index (χ1) is 27.0. The molecule has 0 aromatic rings. The average Bonchev–Trinajstić information content (AvgIpc) is 3.15. The van der Waals surface area contributed by atoms with Crippen LogP contribution in [0.5, 0.6) is 0 Å². The maximum Gasteiger partial charge on any atom is 0.472 e. The minimum absolute atomic E-state index is 0.0460. The molecule has 0 aliphatic carbocycles. The molecule has 0 aromatic heterocycles. The molecule has 0 radical (unpaired) electrons. The second-order valence-electron chi connectivity index (χ2n) is 16.1. The van der Waals surface area contributed by atoms with Crippen LogP contribution in [-0.4, -0.2) is 73.4 Å². The lowest BCUT2D eigenvalue weighted by Crippen LogP contribution is -2.45. The number of quaternary nitrogens is 1. The Hall–Kier alpha value is -2.06. The van der Waals surface area contributed by atoms with Gasteiger partial charge in [0, 0.05) is 6.42 Å². The number of allylic oxidation sites excluding steroid dienone is 11. The van der Waals surface area contributed by atoms with E-state index in [0.717, 1.165) is 44.9 Å². The largest absolute Gasteiger partial charge is 0.472 e. The molecule has 9 heteroatoms. The summed E-state index contributed by atoms with van der Waals surface area (Å²) in [4.78, 5) is 23.1. The summed E-state index contributed by atoms with van der Waals surface area (Å²) < 4.78 is 23.5. The molecular weight excluding hydrogens is 719 g/mol. The first-order valence-electron chi connectivity index (χ1n) is 22.3. The lowest BCUT2D eigenvalue weighted by molar-refractivity contribution is -0.870. The van der Waals surface area contributed by atoms with E-state index in [9.17, 15) is 19.4 Å². The molecule has 0 spiro atoms. The number of aliphatic hydroxyl groups is 1. The Balaban J connectivity index is 4.53. The summed E-state index contributed by atoms with van der Waals surface area (Å²) in [6.07, 6.45) is 51.2. The molecule has 8 nitrogen and oxygen atoms in total.